The Hall–Kier alpha value is -0.980. The van der Waals surface area contributed by atoms with Gasteiger partial charge in [-0.1, -0.05) is 154 Å². The van der Waals surface area contributed by atoms with Crippen molar-refractivity contribution in [2.24, 2.45) is 0 Å². The SMILES string of the molecule is C=C(C)N(CCCCCCCC/C=C\CCCCCCCC)CCCCCCCC/C=C/CCCCCCC. The first-order valence-corrected chi connectivity index (χ1v) is 17.9. The fourth-order valence-corrected chi connectivity index (χ4v) is 5.42. The van der Waals surface area contributed by atoms with Crippen LogP contribution in [-0.2, 0) is 0 Å². The summed E-state index contributed by atoms with van der Waals surface area (Å²) in [4.78, 5) is 2.54. The van der Waals surface area contributed by atoms with E-state index in [-0.39, 0.29) is 0 Å². The Morgan fingerprint density at radius 3 is 0.949 bits per heavy atom. The number of unbranched alkanes of at least 4 members (excludes halogenated alkanes) is 23. The minimum Gasteiger partial charge on any atom is -0.376 e. The average molecular weight is 544 g/mol. The third kappa shape index (κ3) is 31.4. The normalized spacial score (nSPS) is 11.8. The van der Waals surface area contributed by atoms with Crippen molar-refractivity contribution in [3.8, 4) is 0 Å². The van der Waals surface area contributed by atoms with Gasteiger partial charge in [0.2, 0.25) is 0 Å². The van der Waals surface area contributed by atoms with E-state index in [4.69, 9.17) is 0 Å². The van der Waals surface area contributed by atoms with E-state index in [0.717, 1.165) is 0 Å². The summed E-state index contributed by atoms with van der Waals surface area (Å²) in [6.07, 6.45) is 46.9. The lowest BCUT2D eigenvalue weighted by Crippen LogP contribution is -2.23. The van der Waals surface area contributed by atoms with Crippen LogP contribution in [-0.4, -0.2) is 18.0 Å². The number of allylic oxidation sites excluding steroid dienone is 5. The van der Waals surface area contributed by atoms with Gasteiger partial charge in [0.15, 0.2) is 0 Å². The summed E-state index contributed by atoms with van der Waals surface area (Å²) in [6, 6.07) is 0. The minimum atomic E-state index is 1.21. The highest BCUT2D eigenvalue weighted by atomic mass is 15.1. The summed E-state index contributed by atoms with van der Waals surface area (Å²) in [5, 5.41) is 0. The van der Waals surface area contributed by atoms with Crippen molar-refractivity contribution in [3.05, 3.63) is 36.6 Å². The molecule has 0 spiro atoms. The second-order valence-electron chi connectivity index (χ2n) is 12.2. The molecule has 0 bridgehead atoms. The third-order valence-corrected chi connectivity index (χ3v) is 8.17. The summed E-state index contributed by atoms with van der Waals surface area (Å²) >= 11 is 0. The van der Waals surface area contributed by atoms with Gasteiger partial charge in [0.05, 0.1) is 0 Å². The maximum Gasteiger partial charge on any atom is 0.0174 e. The van der Waals surface area contributed by atoms with Gasteiger partial charge in [-0.15, -0.1) is 0 Å². The Morgan fingerprint density at radius 2 is 0.667 bits per heavy atom. The molecule has 0 fully saturated rings. The maximum atomic E-state index is 4.25. The monoisotopic (exact) mass is 544 g/mol. The van der Waals surface area contributed by atoms with E-state index in [1.54, 1.807) is 0 Å². The molecule has 1 heteroatoms. The molecule has 0 saturated carbocycles. The van der Waals surface area contributed by atoms with Crippen molar-refractivity contribution in [1.29, 1.82) is 0 Å². The highest BCUT2D eigenvalue weighted by Gasteiger charge is 2.04. The zero-order chi connectivity index (χ0) is 28.5. The highest BCUT2D eigenvalue weighted by Crippen LogP contribution is 2.14. The van der Waals surface area contributed by atoms with Crippen LogP contribution in [0.3, 0.4) is 0 Å². The fourth-order valence-electron chi connectivity index (χ4n) is 5.42. The van der Waals surface area contributed by atoms with E-state index >= 15 is 0 Å². The summed E-state index contributed by atoms with van der Waals surface area (Å²) < 4.78 is 0. The standard InChI is InChI=1S/C38H73N/c1-5-7-9-11-13-15-17-19-21-23-25-27-29-31-33-35-37-39(38(3)4)36-34-32-30-28-26-24-22-20-18-16-14-12-10-8-6-2/h18-21H,3,5-17,22-37H2,1-2,4H3/b20-18+,21-19-. The molecule has 0 unspecified atom stereocenters. The lowest BCUT2D eigenvalue weighted by atomic mass is 10.1. The molecule has 0 aromatic heterocycles. The molecule has 0 heterocycles. The number of nitrogens with zero attached hydrogens (tertiary/aromatic N) is 1. The Morgan fingerprint density at radius 1 is 0.410 bits per heavy atom. The molecule has 0 rings (SSSR count). The maximum absolute atomic E-state index is 4.25. The Labute approximate surface area is 248 Å². The molecule has 0 radical (unpaired) electrons. The summed E-state index contributed by atoms with van der Waals surface area (Å²) in [5.74, 6) is 0. The molecular weight excluding hydrogens is 470 g/mol. The number of hydrogen-bond acceptors (Lipinski definition) is 1. The molecule has 230 valence electrons. The summed E-state index contributed by atoms with van der Waals surface area (Å²) in [5.41, 5.74) is 1.26. The fraction of sp³-hybridized carbons (Fsp3) is 0.842. The molecule has 39 heavy (non-hydrogen) atoms. The van der Waals surface area contributed by atoms with E-state index in [9.17, 15) is 0 Å². The van der Waals surface area contributed by atoms with Crippen LogP contribution in [0.1, 0.15) is 194 Å². The molecular formula is C38H73N. The molecule has 0 aliphatic rings. The van der Waals surface area contributed by atoms with Crippen molar-refractivity contribution in [3.63, 3.8) is 0 Å². The van der Waals surface area contributed by atoms with Crippen molar-refractivity contribution in [1.82, 2.24) is 4.90 Å². The van der Waals surface area contributed by atoms with Gasteiger partial charge >= 0.3 is 0 Å². The van der Waals surface area contributed by atoms with Crippen LogP contribution in [0, 0.1) is 0 Å². The first-order valence-electron chi connectivity index (χ1n) is 17.9. The molecule has 0 aromatic rings. The Kier molecular flexibility index (Phi) is 32.4. The van der Waals surface area contributed by atoms with Crippen LogP contribution in [0.15, 0.2) is 36.6 Å². The van der Waals surface area contributed by atoms with E-state index in [0.29, 0.717) is 0 Å². The smallest absolute Gasteiger partial charge is 0.0174 e. The largest absolute Gasteiger partial charge is 0.376 e. The first-order chi connectivity index (χ1) is 19.2. The lowest BCUT2D eigenvalue weighted by molar-refractivity contribution is 0.324. The Balaban J connectivity index is 3.47. The van der Waals surface area contributed by atoms with Crippen LogP contribution in [0.2, 0.25) is 0 Å². The van der Waals surface area contributed by atoms with Crippen LogP contribution >= 0.6 is 0 Å². The van der Waals surface area contributed by atoms with Gasteiger partial charge in [0.25, 0.3) is 0 Å². The van der Waals surface area contributed by atoms with Crippen molar-refractivity contribution in [2.45, 2.75) is 194 Å². The summed E-state index contributed by atoms with van der Waals surface area (Å²) in [7, 11) is 0. The zero-order valence-electron chi connectivity index (χ0n) is 27.5. The van der Waals surface area contributed by atoms with Gasteiger partial charge < -0.3 is 4.90 Å². The van der Waals surface area contributed by atoms with Gasteiger partial charge in [0, 0.05) is 18.8 Å². The predicted octanol–water partition coefficient (Wildman–Crippen LogP) is 13.5. The Bertz CT molecular complexity index is 531. The van der Waals surface area contributed by atoms with Gasteiger partial charge in [0.1, 0.15) is 0 Å². The van der Waals surface area contributed by atoms with Crippen molar-refractivity contribution < 1.29 is 0 Å². The molecule has 0 aliphatic carbocycles. The van der Waals surface area contributed by atoms with Gasteiger partial charge in [-0.3, -0.25) is 0 Å². The van der Waals surface area contributed by atoms with E-state index < -0.39 is 0 Å². The van der Waals surface area contributed by atoms with Crippen LogP contribution in [0.25, 0.3) is 0 Å². The van der Waals surface area contributed by atoms with Gasteiger partial charge in [-0.05, 0) is 71.1 Å². The first kappa shape index (κ1) is 38.0. The number of hydrogen-bond donors (Lipinski definition) is 0. The van der Waals surface area contributed by atoms with E-state index in [2.05, 4.69) is 56.6 Å². The van der Waals surface area contributed by atoms with Crippen molar-refractivity contribution >= 4 is 0 Å². The predicted molar refractivity (Wildman–Crippen MR) is 181 cm³/mol. The van der Waals surface area contributed by atoms with Crippen molar-refractivity contribution in [2.75, 3.05) is 13.1 Å². The van der Waals surface area contributed by atoms with Crippen LogP contribution < -0.4 is 0 Å². The number of rotatable bonds is 32. The molecule has 0 atom stereocenters. The third-order valence-electron chi connectivity index (χ3n) is 8.17. The minimum absolute atomic E-state index is 1.21. The molecule has 0 N–H and O–H groups in total. The highest BCUT2D eigenvalue weighted by molar-refractivity contribution is 4.88. The van der Waals surface area contributed by atoms with E-state index in [1.165, 1.54) is 192 Å². The van der Waals surface area contributed by atoms with E-state index in [1.807, 2.05) is 0 Å². The molecule has 0 amide bonds. The second-order valence-corrected chi connectivity index (χ2v) is 12.2. The van der Waals surface area contributed by atoms with Gasteiger partial charge in [-0.2, -0.15) is 0 Å². The quantitative estimate of drug-likeness (QED) is 0.0602. The van der Waals surface area contributed by atoms with Crippen LogP contribution in [0.5, 0.6) is 0 Å². The lowest BCUT2D eigenvalue weighted by Gasteiger charge is -2.24. The molecule has 0 aromatic carbocycles. The summed E-state index contributed by atoms with van der Waals surface area (Å²) in [6.45, 7) is 13.4. The van der Waals surface area contributed by atoms with Crippen LogP contribution in [0.4, 0.5) is 0 Å². The van der Waals surface area contributed by atoms with Gasteiger partial charge in [-0.25, -0.2) is 0 Å². The molecule has 1 nitrogen and oxygen atoms in total. The molecule has 0 saturated heterocycles. The topological polar surface area (TPSA) is 3.24 Å². The second kappa shape index (κ2) is 33.2. The molecule has 0 aliphatic heterocycles. The zero-order valence-corrected chi connectivity index (χ0v) is 27.5. The average Bonchev–Trinajstić information content (AvgIpc) is 2.93.